The van der Waals surface area contributed by atoms with Crippen LogP contribution in [0.25, 0.3) is 11.1 Å². The Labute approximate surface area is 146 Å². The Morgan fingerprint density at radius 3 is 2.52 bits per heavy atom. The molecule has 2 rings (SSSR count). The van der Waals surface area contributed by atoms with Crippen molar-refractivity contribution in [2.45, 2.75) is 32.6 Å². The molecule has 0 amide bonds. The lowest BCUT2D eigenvalue weighted by Crippen LogP contribution is -2.16. The summed E-state index contributed by atoms with van der Waals surface area (Å²) in [5, 5.41) is 18.8. The van der Waals surface area contributed by atoms with Crippen molar-refractivity contribution in [1.29, 1.82) is 10.5 Å². The van der Waals surface area contributed by atoms with Gasteiger partial charge in [-0.05, 0) is 12.5 Å². The zero-order valence-electron chi connectivity index (χ0n) is 14.1. The summed E-state index contributed by atoms with van der Waals surface area (Å²) in [5.74, 6) is 0.469. The predicted octanol–water partition coefficient (Wildman–Crippen LogP) is 3.33. The number of nitrogens with one attached hydrogen (secondary N) is 1. The van der Waals surface area contributed by atoms with E-state index in [1.165, 1.54) is 0 Å². The minimum absolute atomic E-state index is 0.0563. The highest BCUT2D eigenvalue weighted by Crippen LogP contribution is 2.35. The molecule has 0 spiro atoms. The monoisotopic (exact) mass is 336 g/mol. The third-order valence-corrected chi connectivity index (χ3v) is 3.88. The van der Waals surface area contributed by atoms with E-state index < -0.39 is 5.56 Å². The standard InChI is InChI=1S/C19H20N4O2/c1-2-3-4-7-10-25-16-9-6-5-8-13(16)17-14(11-20)18(22)23-19(24)15(17)12-21/h5-6,8-9H,2-4,7,10H2,1H3,(H3,22,23,24). The molecule has 1 heterocycles. The first-order chi connectivity index (χ1) is 12.1. The van der Waals surface area contributed by atoms with Gasteiger partial charge in [-0.25, -0.2) is 0 Å². The molecular weight excluding hydrogens is 316 g/mol. The van der Waals surface area contributed by atoms with Gasteiger partial charge in [-0.15, -0.1) is 0 Å². The Kier molecular flexibility index (Phi) is 6.20. The largest absolute Gasteiger partial charge is 0.493 e. The van der Waals surface area contributed by atoms with Gasteiger partial charge < -0.3 is 15.5 Å². The number of nitriles is 2. The highest BCUT2D eigenvalue weighted by molar-refractivity contribution is 5.83. The molecule has 0 saturated carbocycles. The van der Waals surface area contributed by atoms with Gasteiger partial charge in [0.05, 0.1) is 6.61 Å². The van der Waals surface area contributed by atoms with E-state index in [0.29, 0.717) is 17.9 Å². The van der Waals surface area contributed by atoms with Crippen LogP contribution in [-0.2, 0) is 0 Å². The number of pyridine rings is 1. The van der Waals surface area contributed by atoms with Crippen molar-refractivity contribution < 1.29 is 4.74 Å². The number of H-pyrrole nitrogens is 1. The van der Waals surface area contributed by atoms with Crippen molar-refractivity contribution in [3.63, 3.8) is 0 Å². The van der Waals surface area contributed by atoms with Crippen LogP contribution in [0.1, 0.15) is 43.7 Å². The minimum Gasteiger partial charge on any atom is -0.493 e. The summed E-state index contributed by atoms with van der Waals surface area (Å²) in [4.78, 5) is 14.4. The first-order valence-corrected chi connectivity index (χ1v) is 8.22. The molecule has 0 radical (unpaired) electrons. The summed E-state index contributed by atoms with van der Waals surface area (Å²) in [6, 6.07) is 10.9. The van der Waals surface area contributed by atoms with E-state index in [1.54, 1.807) is 24.3 Å². The van der Waals surface area contributed by atoms with Gasteiger partial charge in [-0.1, -0.05) is 44.4 Å². The summed E-state index contributed by atoms with van der Waals surface area (Å²) >= 11 is 0. The highest BCUT2D eigenvalue weighted by atomic mass is 16.5. The Morgan fingerprint density at radius 2 is 1.84 bits per heavy atom. The van der Waals surface area contributed by atoms with Crippen LogP contribution >= 0.6 is 0 Å². The summed E-state index contributed by atoms with van der Waals surface area (Å²) in [6.07, 6.45) is 4.27. The van der Waals surface area contributed by atoms with E-state index in [1.807, 2.05) is 12.1 Å². The molecule has 0 aliphatic carbocycles. The fourth-order valence-corrected chi connectivity index (χ4v) is 2.62. The number of aromatic nitrogens is 1. The molecule has 0 atom stereocenters. The molecule has 128 valence electrons. The van der Waals surface area contributed by atoms with Crippen molar-refractivity contribution in [2.75, 3.05) is 12.3 Å². The lowest BCUT2D eigenvalue weighted by Gasteiger charge is -2.14. The number of ether oxygens (including phenoxy) is 1. The molecule has 0 aliphatic heterocycles. The molecule has 0 unspecified atom stereocenters. The normalized spacial score (nSPS) is 10.0. The number of anilines is 1. The molecule has 25 heavy (non-hydrogen) atoms. The highest BCUT2D eigenvalue weighted by Gasteiger charge is 2.20. The Morgan fingerprint density at radius 1 is 1.12 bits per heavy atom. The third kappa shape index (κ3) is 3.99. The van der Waals surface area contributed by atoms with Crippen LogP contribution in [0, 0.1) is 22.7 Å². The minimum atomic E-state index is -0.619. The second-order valence-electron chi connectivity index (χ2n) is 5.62. The van der Waals surface area contributed by atoms with Gasteiger partial charge in [0.1, 0.15) is 34.8 Å². The van der Waals surface area contributed by atoms with Gasteiger partial charge in [0.25, 0.3) is 5.56 Å². The quantitative estimate of drug-likeness (QED) is 0.752. The fourth-order valence-electron chi connectivity index (χ4n) is 2.62. The smallest absolute Gasteiger partial charge is 0.268 e. The number of nitrogens with two attached hydrogens (primary N) is 1. The number of hydrogen-bond donors (Lipinski definition) is 2. The topological polar surface area (TPSA) is 116 Å². The summed E-state index contributed by atoms with van der Waals surface area (Å²) in [7, 11) is 0. The fraction of sp³-hybridized carbons (Fsp3) is 0.316. The number of hydrogen-bond acceptors (Lipinski definition) is 5. The maximum absolute atomic E-state index is 12.1. The van der Waals surface area contributed by atoms with Crippen LogP contribution in [0.4, 0.5) is 5.82 Å². The van der Waals surface area contributed by atoms with Crippen molar-refractivity contribution in [2.24, 2.45) is 0 Å². The first-order valence-electron chi connectivity index (χ1n) is 8.22. The summed E-state index contributed by atoms with van der Waals surface area (Å²) < 4.78 is 5.84. The molecule has 0 bridgehead atoms. The van der Waals surface area contributed by atoms with E-state index >= 15 is 0 Å². The van der Waals surface area contributed by atoms with E-state index in [-0.39, 0.29) is 22.5 Å². The zero-order chi connectivity index (χ0) is 18.2. The van der Waals surface area contributed by atoms with Crippen LogP contribution in [0.5, 0.6) is 5.75 Å². The molecule has 2 aromatic rings. The van der Waals surface area contributed by atoms with Gasteiger partial charge in [0.2, 0.25) is 0 Å². The number of aromatic amines is 1. The van der Waals surface area contributed by atoms with Crippen LogP contribution in [0.15, 0.2) is 29.1 Å². The average molecular weight is 336 g/mol. The lowest BCUT2D eigenvalue weighted by atomic mass is 9.96. The number of nitrogen functional groups attached to an aromatic ring is 1. The molecule has 1 aromatic carbocycles. The van der Waals surface area contributed by atoms with Gasteiger partial charge >= 0.3 is 0 Å². The Hall–Kier alpha value is -3.25. The zero-order valence-corrected chi connectivity index (χ0v) is 14.1. The van der Waals surface area contributed by atoms with E-state index in [9.17, 15) is 15.3 Å². The summed E-state index contributed by atoms with van der Waals surface area (Å²) in [5.41, 5.74) is 5.81. The predicted molar refractivity (Wildman–Crippen MR) is 96.0 cm³/mol. The Bertz CT molecular complexity index is 888. The lowest BCUT2D eigenvalue weighted by molar-refractivity contribution is 0.306. The van der Waals surface area contributed by atoms with E-state index in [0.717, 1.165) is 25.7 Å². The molecule has 6 heteroatoms. The Balaban J connectivity index is 2.48. The van der Waals surface area contributed by atoms with Gasteiger partial charge in [0.15, 0.2) is 0 Å². The van der Waals surface area contributed by atoms with Crippen molar-refractivity contribution in [1.82, 2.24) is 4.98 Å². The number of rotatable bonds is 7. The van der Waals surface area contributed by atoms with Crippen LogP contribution < -0.4 is 16.0 Å². The molecule has 1 aromatic heterocycles. The molecule has 6 nitrogen and oxygen atoms in total. The van der Waals surface area contributed by atoms with Gasteiger partial charge in [-0.2, -0.15) is 10.5 Å². The third-order valence-electron chi connectivity index (χ3n) is 3.88. The second kappa shape index (κ2) is 8.56. The van der Waals surface area contributed by atoms with E-state index in [4.69, 9.17) is 10.5 Å². The number of unbranched alkanes of at least 4 members (excludes halogenated alkanes) is 3. The average Bonchev–Trinajstić information content (AvgIpc) is 2.61. The van der Waals surface area contributed by atoms with Gasteiger partial charge in [0, 0.05) is 11.1 Å². The summed E-state index contributed by atoms with van der Waals surface area (Å²) in [6.45, 7) is 2.67. The van der Waals surface area contributed by atoms with Crippen LogP contribution in [0.2, 0.25) is 0 Å². The van der Waals surface area contributed by atoms with Crippen LogP contribution in [-0.4, -0.2) is 11.6 Å². The first kappa shape index (κ1) is 18.1. The maximum Gasteiger partial charge on any atom is 0.268 e. The van der Waals surface area contributed by atoms with Crippen molar-refractivity contribution in [3.8, 4) is 29.0 Å². The van der Waals surface area contributed by atoms with E-state index in [2.05, 4.69) is 11.9 Å². The van der Waals surface area contributed by atoms with Gasteiger partial charge in [-0.3, -0.25) is 4.79 Å². The number of benzene rings is 1. The van der Waals surface area contributed by atoms with Crippen molar-refractivity contribution >= 4 is 5.82 Å². The molecule has 0 aliphatic rings. The number of para-hydroxylation sites is 1. The second-order valence-corrected chi connectivity index (χ2v) is 5.62. The molecule has 3 N–H and O–H groups in total. The number of nitrogens with zero attached hydrogens (tertiary/aromatic N) is 2. The SMILES string of the molecule is CCCCCCOc1ccccc1-c1c(C#N)c(N)[nH]c(=O)c1C#N. The van der Waals surface area contributed by atoms with Crippen LogP contribution in [0.3, 0.4) is 0 Å². The van der Waals surface area contributed by atoms with Crippen molar-refractivity contribution in [3.05, 3.63) is 45.7 Å². The molecule has 0 saturated heterocycles. The maximum atomic E-state index is 12.1. The molecular formula is C19H20N4O2. The molecule has 0 fully saturated rings.